The Bertz CT molecular complexity index is 298. The Morgan fingerprint density at radius 1 is 1.31 bits per heavy atom. The molecule has 0 aliphatic rings. The van der Waals surface area contributed by atoms with E-state index in [1.54, 1.807) is 0 Å². The summed E-state index contributed by atoms with van der Waals surface area (Å²) in [5, 5.41) is 28.6. The van der Waals surface area contributed by atoms with Gasteiger partial charge < -0.3 is 20.6 Å². The summed E-state index contributed by atoms with van der Waals surface area (Å²) in [6.07, 6.45) is -1.51. The number of hydrogen-bond acceptors (Lipinski definition) is 5. The molecule has 1 amide bonds. The number of carbonyl (C=O) groups is 3. The molecule has 0 fully saturated rings. The predicted octanol–water partition coefficient (Wildman–Crippen LogP) is -1.86. The van der Waals surface area contributed by atoms with Crippen LogP contribution in [0.1, 0.15) is 13.8 Å². The van der Waals surface area contributed by atoms with Gasteiger partial charge in [-0.05, 0) is 0 Å². The zero-order chi connectivity index (χ0) is 12.9. The molecule has 0 unspecified atom stereocenters. The second-order valence-corrected chi connectivity index (χ2v) is 4.00. The van der Waals surface area contributed by atoms with E-state index in [0.717, 1.165) is 0 Å². The Balaban J connectivity index is 4.28. The highest BCUT2D eigenvalue weighted by molar-refractivity contribution is 6.33. The minimum absolute atomic E-state index is 0.422. The maximum Gasteiger partial charge on any atom is 0.374 e. The number of hydrogen-bond donors (Lipinski definition) is 4. The Kier molecular flexibility index (Phi) is 5.06. The van der Waals surface area contributed by atoms with Gasteiger partial charge in [-0.2, -0.15) is 0 Å². The Morgan fingerprint density at radius 2 is 1.81 bits per heavy atom. The van der Waals surface area contributed by atoms with Crippen LogP contribution in [-0.2, 0) is 14.4 Å². The third-order valence-electron chi connectivity index (χ3n) is 2.06. The number of aliphatic hydroxyl groups excluding tert-OH is 2. The van der Waals surface area contributed by atoms with Crippen molar-refractivity contribution < 1.29 is 29.7 Å². The predicted molar refractivity (Wildman–Crippen MR) is 52.5 cm³/mol. The van der Waals surface area contributed by atoms with Crippen molar-refractivity contribution in [2.24, 2.45) is 5.41 Å². The first kappa shape index (κ1) is 14.5. The van der Waals surface area contributed by atoms with Crippen LogP contribution in [0.3, 0.4) is 0 Å². The van der Waals surface area contributed by atoms with Crippen molar-refractivity contribution in [2.45, 2.75) is 20.0 Å². The van der Waals surface area contributed by atoms with Crippen LogP contribution in [0.2, 0.25) is 0 Å². The molecule has 0 aliphatic carbocycles. The van der Waals surface area contributed by atoms with Crippen LogP contribution in [-0.4, -0.2) is 52.2 Å². The van der Waals surface area contributed by atoms with E-state index >= 15 is 0 Å². The fourth-order valence-corrected chi connectivity index (χ4v) is 0.781. The Morgan fingerprint density at radius 3 is 2.19 bits per heavy atom. The van der Waals surface area contributed by atoms with Gasteiger partial charge in [0, 0.05) is 5.41 Å². The molecule has 0 heterocycles. The van der Waals surface area contributed by atoms with Crippen molar-refractivity contribution in [2.75, 3.05) is 13.2 Å². The molecule has 92 valence electrons. The van der Waals surface area contributed by atoms with Gasteiger partial charge in [-0.15, -0.1) is 0 Å². The van der Waals surface area contributed by atoms with Crippen LogP contribution in [0.5, 0.6) is 0 Å². The first-order valence-electron chi connectivity index (χ1n) is 4.55. The van der Waals surface area contributed by atoms with E-state index in [2.05, 4.69) is 0 Å². The van der Waals surface area contributed by atoms with Crippen LogP contribution >= 0.6 is 0 Å². The van der Waals surface area contributed by atoms with E-state index in [-0.39, 0.29) is 0 Å². The monoisotopic (exact) mass is 233 g/mol. The number of amides is 1. The van der Waals surface area contributed by atoms with Gasteiger partial charge in [0.1, 0.15) is 6.10 Å². The topological polar surface area (TPSA) is 124 Å². The summed E-state index contributed by atoms with van der Waals surface area (Å²) in [5.74, 6) is -3.73. The van der Waals surface area contributed by atoms with Crippen LogP contribution in [0.4, 0.5) is 0 Å². The van der Waals surface area contributed by atoms with E-state index in [0.29, 0.717) is 0 Å². The van der Waals surface area contributed by atoms with Gasteiger partial charge >= 0.3 is 5.97 Å². The molecule has 4 N–H and O–H groups in total. The maximum atomic E-state index is 11.3. The summed E-state index contributed by atoms with van der Waals surface area (Å²) >= 11 is 0. The molecule has 0 aromatic carbocycles. The number of carboxylic acid groups (broad SMARTS) is 1. The molecule has 0 radical (unpaired) electrons. The summed E-state index contributed by atoms with van der Waals surface area (Å²) < 4.78 is 0. The van der Waals surface area contributed by atoms with Crippen LogP contribution in [0, 0.1) is 5.41 Å². The minimum Gasteiger partial charge on any atom is -0.475 e. The highest BCUT2D eigenvalue weighted by Gasteiger charge is 2.33. The summed E-state index contributed by atoms with van der Waals surface area (Å²) in [4.78, 5) is 32.0. The van der Waals surface area contributed by atoms with E-state index in [9.17, 15) is 19.5 Å². The number of ketones is 1. The largest absolute Gasteiger partial charge is 0.475 e. The maximum absolute atomic E-state index is 11.3. The molecule has 7 nitrogen and oxygen atoms in total. The average molecular weight is 233 g/mol. The molecule has 0 aromatic rings. The molecule has 16 heavy (non-hydrogen) atoms. The highest BCUT2D eigenvalue weighted by Crippen LogP contribution is 2.19. The van der Waals surface area contributed by atoms with Crippen LogP contribution < -0.4 is 5.32 Å². The molecule has 0 aromatic heterocycles. The van der Waals surface area contributed by atoms with Crippen molar-refractivity contribution in [3.8, 4) is 0 Å². The Hall–Kier alpha value is -1.47. The average Bonchev–Trinajstić information content (AvgIpc) is 2.23. The van der Waals surface area contributed by atoms with Gasteiger partial charge in [-0.25, -0.2) is 4.79 Å². The van der Waals surface area contributed by atoms with Crippen LogP contribution in [0.25, 0.3) is 0 Å². The first-order valence-corrected chi connectivity index (χ1v) is 4.55. The SMILES string of the molecule is CC(C)(CO)[C@@H](O)C(=O)NCC(=O)C(=O)O. The quantitative estimate of drug-likeness (QED) is 0.399. The smallest absolute Gasteiger partial charge is 0.374 e. The van der Waals surface area contributed by atoms with Gasteiger partial charge in [0.2, 0.25) is 5.91 Å². The molecule has 7 heteroatoms. The lowest BCUT2D eigenvalue weighted by molar-refractivity contribution is -0.149. The van der Waals surface area contributed by atoms with Gasteiger partial charge in [0.25, 0.3) is 5.78 Å². The second-order valence-electron chi connectivity index (χ2n) is 4.00. The zero-order valence-electron chi connectivity index (χ0n) is 9.06. The zero-order valence-corrected chi connectivity index (χ0v) is 9.06. The molecular weight excluding hydrogens is 218 g/mol. The van der Waals surface area contributed by atoms with Gasteiger partial charge in [0.15, 0.2) is 0 Å². The molecular formula is C9H15NO6. The normalized spacial score (nSPS) is 13.0. The van der Waals surface area contributed by atoms with E-state index in [1.807, 2.05) is 5.32 Å². The molecule has 0 aliphatic heterocycles. The van der Waals surface area contributed by atoms with E-state index < -0.39 is 42.3 Å². The molecule has 0 bridgehead atoms. The van der Waals surface area contributed by atoms with Crippen molar-refractivity contribution in [3.63, 3.8) is 0 Å². The fourth-order valence-electron chi connectivity index (χ4n) is 0.781. The molecule has 0 rings (SSSR count). The lowest BCUT2D eigenvalue weighted by atomic mass is 9.87. The highest BCUT2D eigenvalue weighted by atomic mass is 16.4. The number of carboxylic acids is 1. The number of rotatable bonds is 6. The molecule has 0 spiro atoms. The minimum atomic E-state index is -1.66. The third kappa shape index (κ3) is 3.95. The van der Waals surface area contributed by atoms with E-state index in [1.165, 1.54) is 13.8 Å². The van der Waals surface area contributed by atoms with Crippen molar-refractivity contribution >= 4 is 17.7 Å². The van der Waals surface area contributed by atoms with Gasteiger partial charge in [-0.3, -0.25) is 9.59 Å². The summed E-state index contributed by atoms with van der Waals surface area (Å²) in [7, 11) is 0. The summed E-state index contributed by atoms with van der Waals surface area (Å²) in [6.45, 7) is 1.80. The van der Waals surface area contributed by atoms with Gasteiger partial charge in [0.05, 0.1) is 13.2 Å². The Labute approximate surface area is 92.1 Å². The molecule has 0 saturated carbocycles. The summed E-state index contributed by atoms with van der Waals surface area (Å²) in [5.41, 5.74) is -1.06. The molecule has 0 saturated heterocycles. The fraction of sp³-hybridized carbons (Fsp3) is 0.667. The van der Waals surface area contributed by atoms with Crippen LogP contribution in [0.15, 0.2) is 0 Å². The van der Waals surface area contributed by atoms with Crippen molar-refractivity contribution in [3.05, 3.63) is 0 Å². The number of nitrogens with one attached hydrogen (secondary N) is 1. The second kappa shape index (κ2) is 5.57. The lowest BCUT2D eigenvalue weighted by Gasteiger charge is -2.26. The van der Waals surface area contributed by atoms with E-state index in [4.69, 9.17) is 10.2 Å². The number of carbonyl (C=O) groups excluding carboxylic acids is 2. The molecule has 1 atom stereocenters. The lowest BCUT2D eigenvalue weighted by Crippen LogP contribution is -2.47. The summed E-state index contributed by atoms with van der Waals surface area (Å²) in [6, 6.07) is 0. The van der Waals surface area contributed by atoms with Gasteiger partial charge in [-0.1, -0.05) is 13.8 Å². The number of Topliss-reactive ketones (excluding diaryl/α,β-unsaturated/α-hetero) is 1. The number of aliphatic carboxylic acids is 1. The van der Waals surface area contributed by atoms with Crippen molar-refractivity contribution in [1.29, 1.82) is 0 Å². The standard InChI is InChI=1S/C9H15NO6/c1-9(2,4-11)6(13)7(14)10-3-5(12)8(15)16/h6,11,13H,3-4H2,1-2H3,(H,10,14)(H,15,16)/t6-/m0/s1. The van der Waals surface area contributed by atoms with Crippen molar-refractivity contribution in [1.82, 2.24) is 5.32 Å². The first-order chi connectivity index (χ1) is 7.22. The third-order valence-corrected chi connectivity index (χ3v) is 2.06. The number of aliphatic hydroxyl groups is 2.